The van der Waals surface area contributed by atoms with Crippen LogP contribution in [0, 0.1) is 0 Å². The van der Waals surface area contributed by atoms with Crippen LogP contribution < -0.4 is 11.5 Å². The van der Waals surface area contributed by atoms with Gasteiger partial charge < -0.3 is 20.5 Å². The molecule has 0 spiro atoms. The molecule has 0 saturated carbocycles. The van der Waals surface area contributed by atoms with Crippen molar-refractivity contribution in [2.24, 2.45) is 5.73 Å². The first-order chi connectivity index (χ1) is 19.6. The molecule has 1 aliphatic carbocycles. The molecule has 0 fully saturated rings. The minimum atomic E-state index is -4.60. The Bertz CT molecular complexity index is 1890. The van der Waals surface area contributed by atoms with E-state index in [-0.39, 0.29) is 22.1 Å². The average molecular weight is 576 g/mol. The number of amides is 1. The van der Waals surface area contributed by atoms with E-state index in [0.717, 1.165) is 34.7 Å². The average Bonchev–Trinajstić information content (AvgIpc) is 3.58. The zero-order chi connectivity index (χ0) is 28.9. The number of allylic oxidation sites excluding steroid dienone is 4. The summed E-state index contributed by atoms with van der Waals surface area (Å²) in [6, 6.07) is 13.9. The standard InChI is InChI=1S/C30H21ClF3N5O2/c31-22-7-6-19(30(32,33)34)12-20(22)24-14-21(27(41-24)28(36)40)29(9-2-1-3-10-29)18-5-4-17-8-11-39(23(17)13-18)26-15-25(35)37-16-38-26/h1-9,11-16H,10H2,(H2,36,40)(H2,35,37,38). The Morgan fingerprint density at radius 2 is 1.88 bits per heavy atom. The second-order valence-electron chi connectivity index (χ2n) is 9.63. The molecule has 11 heteroatoms. The Morgan fingerprint density at radius 1 is 1.05 bits per heavy atom. The van der Waals surface area contributed by atoms with Crippen molar-refractivity contribution in [1.29, 1.82) is 0 Å². The van der Waals surface area contributed by atoms with Crippen molar-refractivity contribution in [2.75, 3.05) is 5.73 Å². The highest BCUT2D eigenvalue weighted by atomic mass is 35.5. The first-order valence-corrected chi connectivity index (χ1v) is 12.8. The summed E-state index contributed by atoms with van der Waals surface area (Å²) >= 11 is 6.31. The van der Waals surface area contributed by atoms with Gasteiger partial charge in [-0.2, -0.15) is 13.2 Å². The Kier molecular flexibility index (Phi) is 6.22. The summed E-state index contributed by atoms with van der Waals surface area (Å²) in [5.74, 6) is -0.159. The fraction of sp³-hybridized carbons (Fsp3) is 0.100. The molecule has 2 aromatic carbocycles. The summed E-state index contributed by atoms with van der Waals surface area (Å²) in [6.07, 6.45) is 6.62. The number of rotatable bonds is 5. The van der Waals surface area contributed by atoms with Crippen LogP contribution in [-0.4, -0.2) is 20.4 Å². The van der Waals surface area contributed by atoms with Gasteiger partial charge >= 0.3 is 6.18 Å². The van der Waals surface area contributed by atoms with Crippen LogP contribution in [0.15, 0.2) is 95.8 Å². The molecule has 1 aliphatic rings. The zero-order valence-electron chi connectivity index (χ0n) is 21.2. The number of halogens is 4. The predicted octanol–water partition coefficient (Wildman–Crippen LogP) is 6.84. The lowest BCUT2D eigenvalue weighted by atomic mass is 9.70. The molecule has 0 bridgehead atoms. The third-order valence-electron chi connectivity index (χ3n) is 7.19. The van der Waals surface area contributed by atoms with E-state index in [1.807, 2.05) is 59.3 Å². The molecule has 1 amide bonds. The number of aromatic nitrogens is 3. The van der Waals surface area contributed by atoms with Gasteiger partial charge in [-0.05, 0) is 48.4 Å². The van der Waals surface area contributed by atoms with Gasteiger partial charge in [-0.15, -0.1) is 0 Å². The predicted molar refractivity (Wildman–Crippen MR) is 150 cm³/mol. The lowest BCUT2D eigenvalue weighted by Crippen LogP contribution is -2.28. The van der Waals surface area contributed by atoms with Crippen molar-refractivity contribution in [2.45, 2.75) is 18.0 Å². The van der Waals surface area contributed by atoms with Gasteiger partial charge in [0.05, 0.1) is 16.1 Å². The number of carbonyl (C=O) groups is 1. The van der Waals surface area contributed by atoms with Crippen LogP contribution in [0.25, 0.3) is 28.0 Å². The van der Waals surface area contributed by atoms with Crippen molar-refractivity contribution in [3.8, 4) is 17.1 Å². The quantitative estimate of drug-likeness (QED) is 0.238. The summed E-state index contributed by atoms with van der Waals surface area (Å²) < 4.78 is 48.2. The molecule has 0 saturated heterocycles. The van der Waals surface area contributed by atoms with E-state index in [0.29, 0.717) is 23.6 Å². The summed E-state index contributed by atoms with van der Waals surface area (Å²) in [4.78, 5) is 21.0. The van der Waals surface area contributed by atoms with E-state index in [9.17, 15) is 18.0 Å². The molecule has 5 aromatic rings. The number of hydrogen-bond donors (Lipinski definition) is 2. The second-order valence-corrected chi connectivity index (χ2v) is 10.0. The van der Waals surface area contributed by atoms with Gasteiger partial charge in [0, 0.05) is 34.2 Å². The number of nitrogens with zero attached hydrogens (tertiary/aromatic N) is 3. The Hall–Kier alpha value is -4.83. The number of benzene rings is 2. The number of fused-ring (bicyclic) bond motifs is 1. The fourth-order valence-corrected chi connectivity index (χ4v) is 5.43. The molecule has 1 atom stereocenters. The van der Waals surface area contributed by atoms with E-state index < -0.39 is 23.1 Å². The Morgan fingerprint density at radius 3 is 2.59 bits per heavy atom. The van der Waals surface area contributed by atoms with Gasteiger partial charge in [-0.25, -0.2) is 9.97 Å². The molecule has 3 aromatic heterocycles. The zero-order valence-corrected chi connectivity index (χ0v) is 21.9. The maximum absolute atomic E-state index is 13.5. The van der Waals surface area contributed by atoms with Crippen LogP contribution in [0.1, 0.15) is 33.7 Å². The van der Waals surface area contributed by atoms with Crippen LogP contribution >= 0.6 is 11.6 Å². The van der Waals surface area contributed by atoms with Crippen molar-refractivity contribution in [3.05, 3.63) is 119 Å². The monoisotopic (exact) mass is 575 g/mol. The van der Waals surface area contributed by atoms with Crippen molar-refractivity contribution >= 4 is 34.2 Å². The van der Waals surface area contributed by atoms with E-state index in [4.69, 9.17) is 27.5 Å². The number of hydrogen-bond acceptors (Lipinski definition) is 5. The van der Waals surface area contributed by atoms with Gasteiger partial charge in [-0.3, -0.25) is 4.79 Å². The van der Waals surface area contributed by atoms with E-state index in [1.54, 1.807) is 12.1 Å². The van der Waals surface area contributed by atoms with Crippen LogP contribution in [0.3, 0.4) is 0 Å². The molecule has 7 nitrogen and oxygen atoms in total. The minimum Gasteiger partial charge on any atom is -0.451 e. The summed E-state index contributed by atoms with van der Waals surface area (Å²) in [5.41, 5.74) is 11.8. The largest absolute Gasteiger partial charge is 0.451 e. The van der Waals surface area contributed by atoms with Gasteiger partial charge in [-0.1, -0.05) is 48.0 Å². The van der Waals surface area contributed by atoms with E-state index in [1.165, 1.54) is 6.33 Å². The van der Waals surface area contributed by atoms with E-state index >= 15 is 0 Å². The number of primary amides is 1. The minimum absolute atomic E-state index is 0.00635. The first-order valence-electron chi connectivity index (χ1n) is 12.4. The Labute approximate surface area is 236 Å². The van der Waals surface area contributed by atoms with Crippen LogP contribution in [0.4, 0.5) is 19.0 Å². The van der Waals surface area contributed by atoms with E-state index in [2.05, 4.69) is 9.97 Å². The summed E-state index contributed by atoms with van der Waals surface area (Å²) in [5, 5.41) is 0.959. The molecule has 1 unspecified atom stereocenters. The van der Waals surface area contributed by atoms with Crippen LogP contribution in [0.2, 0.25) is 5.02 Å². The molecular weight excluding hydrogens is 555 g/mol. The first kappa shape index (κ1) is 26.4. The number of anilines is 1. The topological polar surface area (TPSA) is 113 Å². The van der Waals surface area contributed by atoms with Crippen LogP contribution in [0.5, 0.6) is 0 Å². The van der Waals surface area contributed by atoms with Crippen LogP contribution in [-0.2, 0) is 11.6 Å². The normalized spacial score (nSPS) is 16.9. The molecule has 0 radical (unpaired) electrons. The van der Waals surface area contributed by atoms with Gasteiger partial charge in [0.25, 0.3) is 5.91 Å². The lowest BCUT2D eigenvalue weighted by molar-refractivity contribution is -0.137. The number of carbonyl (C=O) groups excluding carboxylic acids is 1. The number of furan rings is 1. The number of nitrogens with two attached hydrogens (primary N) is 2. The van der Waals surface area contributed by atoms with Gasteiger partial charge in [0.15, 0.2) is 5.76 Å². The molecular formula is C30H21ClF3N5O2. The molecule has 0 aliphatic heterocycles. The maximum atomic E-state index is 13.5. The van der Waals surface area contributed by atoms with Gasteiger partial charge in [0.2, 0.25) is 0 Å². The highest BCUT2D eigenvalue weighted by Crippen LogP contribution is 2.46. The number of nitrogen functional groups attached to an aromatic ring is 1. The molecule has 6 rings (SSSR count). The van der Waals surface area contributed by atoms with Gasteiger partial charge in [0.1, 0.15) is 23.7 Å². The fourth-order valence-electron chi connectivity index (χ4n) is 5.22. The second kappa shape index (κ2) is 9.67. The SMILES string of the molecule is NC(=O)c1oc(-c2cc(C(F)(F)F)ccc2Cl)cc1C1(c2ccc3ccn(-c4cc(N)ncn4)c3c2)C=CC=CC1. The summed E-state index contributed by atoms with van der Waals surface area (Å²) in [7, 11) is 0. The highest BCUT2D eigenvalue weighted by molar-refractivity contribution is 6.33. The number of alkyl halides is 3. The molecule has 41 heavy (non-hydrogen) atoms. The smallest absolute Gasteiger partial charge is 0.416 e. The highest BCUT2D eigenvalue weighted by Gasteiger charge is 2.39. The molecule has 3 heterocycles. The summed E-state index contributed by atoms with van der Waals surface area (Å²) in [6.45, 7) is 0. The third-order valence-corrected chi connectivity index (χ3v) is 7.52. The molecule has 206 valence electrons. The van der Waals surface area contributed by atoms with Crippen molar-refractivity contribution < 1.29 is 22.4 Å². The Balaban J connectivity index is 1.56. The lowest BCUT2D eigenvalue weighted by Gasteiger charge is -2.32. The maximum Gasteiger partial charge on any atom is 0.416 e. The molecule has 4 N–H and O–H groups in total. The van der Waals surface area contributed by atoms with Crippen molar-refractivity contribution in [3.63, 3.8) is 0 Å². The van der Waals surface area contributed by atoms with Crippen molar-refractivity contribution in [1.82, 2.24) is 14.5 Å². The third kappa shape index (κ3) is 4.55.